The zero-order valence-electron chi connectivity index (χ0n) is 18.0. The summed E-state index contributed by atoms with van der Waals surface area (Å²) < 4.78 is 1.25. The lowest BCUT2D eigenvalue weighted by molar-refractivity contribution is -0.138. The number of carboxylic acid groups (broad SMARTS) is 1. The summed E-state index contributed by atoms with van der Waals surface area (Å²) in [4.78, 5) is 56.9. The number of anilines is 1. The molecule has 1 amide bonds. The van der Waals surface area contributed by atoms with Crippen LogP contribution in [-0.4, -0.2) is 44.2 Å². The second-order valence-corrected chi connectivity index (χ2v) is 8.27. The first kappa shape index (κ1) is 23.6. The number of aliphatic carboxylic acids is 1. The van der Waals surface area contributed by atoms with Gasteiger partial charge in [-0.2, -0.15) is 0 Å². The van der Waals surface area contributed by atoms with E-state index in [1.54, 1.807) is 6.92 Å². The Hall–Kier alpha value is -3.63. The SMILES string of the molecule is CC(=O)ONc1cc(C)nc2c1c(O)c(C(=O)NCC(=O)O)c(=O)n2CCC(C)(C)C. The lowest BCUT2D eigenvalue weighted by Gasteiger charge is -2.21. The Balaban J connectivity index is 2.80. The van der Waals surface area contributed by atoms with Crippen LogP contribution in [0.25, 0.3) is 11.0 Å². The largest absolute Gasteiger partial charge is 0.506 e. The van der Waals surface area contributed by atoms with Crippen LogP contribution in [0.3, 0.4) is 0 Å². The predicted octanol–water partition coefficient (Wildman–Crippen LogP) is 1.55. The van der Waals surface area contributed by atoms with Crippen molar-refractivity contribution in [2.45, 2.75) is 47.6 Å². The summed E-state index contributed by atoms with van der Waals surface area (Å²) in [6, 6.07) is 1.47. The average Bonchev–Trinajstić information content (AvgIpc) is 2.62. The zero-order chi connectivity index (χ0) is 23.5. The molecule has 0 aliphatic rings. The maximum Gasteiger partial charge on any atom is 0.329 e. The topological polar surface area (TPSA) is 160 Å². The van der Waals surface area contributed by atoms with Gasteiger partial charge in [0.25, 0.3) is 11.5 Å². The van der Waals surface area contributed by atoms with Crippen LogP contribution in [0.5, 0.6) is 5.75 Å². The monoisotopic (exact) mass is 434 g/mol. The van der Waals surface area contributed by atoms with Crippen molar-refractivity contribution < 1.29 is 29.4 Å². The number of aromatic hydroxyl groups is 1. The van der Waals surface area contributed by atoms with Crippen molar-refractivity contribution >= 4 is 34.6 Å². The molecule has 0 fully saturated rings. The quantitative estimate of drug-likeness (QED) is 0.474. The number of fused-ring (bicyclic) bond motifs is 1. The Morgan fingerprint density at radius 1 is 1.26 bits per heavy atom. The smallest absolute Gasteiger partial charge is 0.329 e. The van der Waals surface area contributed by atoms with Crippen molar-refractivity contribution in [1.82, 2.24) is 14.9 Å². The van der Waals surface area contributed by atoms with E-state index >= 15 is 0 Å². The first-order valence-electron chi connectivity index (χ1n) is 9.52. The van der Waals surface area contributed by atoms with E-state index < -0.39 is 41.3 Å². The van der Waals surface area contributed by atoms with Gasteiger partial charge in [-0.05, 0) is 24.8 Å². The Bertz CT molecular complexity index is 1100. The Labute approximate surface area is 178 Å². The van der Waals surface area contributed by atoms with Crippen LogP contribution in [0.2, 0.25) is 0 Å². The van der Waals surface area contributed by atoms with Crippen LogP contribution in [-0.2, 0) is 21.0 Å². The Morgan fingerprint density at radius 3 is 2.45 bits per heavy atom. The van der Waals surface area contributed by atoms with Crippen molar-refractivity contribution in [1.29, 1.82) is 0 Å². The molecule has 2 aromatic rings. The highest BCUT2D eigenvalue weighted by Gasteiger charge is 2.26. The van der Waals surface area contributed by atoms with E-state index in [0.29, 0.717) is 12.1 Å². The second-order valence-electron chi connectivity index (χ2n) is 8.27. The standard InChI is InChI=1S/C20H26N4O7/c1-10-8-12(23-31-11(2)25)14-16(28)15(18(29)21-9-13(26)27)19(30)24(17(14)22-10)7-6-20(3,4)5/h8,28H,6-7,9H2,1-5H3,(H,21,29)(H,22,23)(H,26,27). The highest BCUT2D eigenvalue weighted by Crippen LogP contribution is 2.33. The maximum absolute atomic E-state index is 13.1. The molecule has 0 unspecified atom stereocenters. The number of aryl methyl sites for hydroxylation is 2. The van der Waals surface area contributed by atoms with Crippen LogP contribution in [0.15, 0.2) is 10.9 Å². The Morgan fingerprint density at radius 2 is 1.90 bits per heavy atom. The van der Waals surface area contributed by atoms with Gasteiger partial charge < -0.3 is 20.4 Å². The van der Waals surface area contributed by atoms with Crippen molar-refractivity contribution in [2.24, 2.45) is 5.41 Å². The molecule has 0 aromatic carbocycles. The summed E-state index contributed by atoms with van der Waals surface area (Å²) >= 11 is 0. The van der Waals surface area contributed by atoms with E-state index in [0.717, 1.165) is 0 Å². The lowest BCUT2D eigenvalue weighted by Crippen LogP contribution is -2.36. The molecule has 4 N–H and O–H groups in total. The normalized spacial score (nSPS) is 11.3. The second kappa shape index (κ2) is 9.02. The molecule has 0 saturated heterocycles. The van der Waals surface area contributed by atoms with Crippen LogP contribution in [0.4, 0.5) is 5.69 Å². The fraction of sp³-hybridized carbons (Fsp3) is 0.450. The van der Waals surface area contributed by atoms with Crippen molar-refractivity contribution in [3.63, 3.8) is 0 Å². The highest BCUT2D eigenvalue weighted by molar-refractivity contribution is 6.05. The van der Waals surface area contributed by atoms with Crippen molar-refractivity contribution in [3.05, 3.63) is 27.7 Å². The van der Waals surface area contributed by atoms with E-state index in [1.807, 2.05) is 20.8 Å². The third-order valence-electron chi connectivity index (χ3n) is 4.33. The van der Waals surface area contributed by atoms with Crippen LogP contribution >= 0.6 is 0 Å². The molecular formula is C20H26N4O7. The number of nitrogens with zero attached hydrogens (tertiary/aromatic N) is 2. The molecule has 2 heterocycles. The molecule has 2 aromatic heterocycles. The third-order valence-corrected chi connectivity index (χ3v) is 4.33. The molecule has 0 saturated carbocycles. The van der Waals surface area contributed by atoms with Gasteiger partial charge in [0.15, 0.2) is 0 Å². The van der Waals surface area contributed by atoms with Gasteiger partial charge in [0, 0.05) is 19.2 Å². The van der Waals surface area contributed by atoms with Gasteiger partial charge in [-0.1, -0.05) is 20.8 Å². The molecule has 0 spiro atoms. The summed E-state index contributed by atoms with van der Waals surface area (Å²) in [5.41, 5.74) is 1.50. The molecule has 0 radical (unpaired) electrons. The van der Waals surface area contributed by atoms with Crippen LogP contribution < -0.4 is 16.4 Å². The lowest BCUT2D eigenvalue weighted by atomic mass is 9.92. The number of nitrogens with one attached hydrogen (secondary N) is 2. The van der Waals surface area contributed by atoms with Crippen LogP contribution in [0.1, 0.15) is 50.2 Å². The molecule has 0 atom stereocenters. The van der Waals surface area contributed by atoms with E-state index in [1.165, 1.54) is 17.6 Å². The molecule has 11 heteroatoms. The van der Waals surface area contributed by atoms with Gasteiger partial charge >= 0.3 is 11.9 Å². The third kappa shape index (κ3) is 5.71. The minimum Gasteiger partial charge on any atom is -0.506 e. The number of hydrogen-bond donors (Lipinski definition) is 4. The minimum absolute atomic E-state index is 0.0131. The fourth-order valence-electron chi connectivity index (χ4n) is 2.85. The molecule has 0 aliphatic heterocycles. The number of pyridine rings is 2. The summed E-state index contributed by atoms with van der Waals surface area (Å²) in [5, 5.41) is 21.7. The van der Waals surface area contributed by atoms with Gasteiger partial charge in [-0.25, -0.2) is 10.5 Å². The average molecular weight is 434 g/mol. The van der Waals surface area contributed by atoms with Crippen molar-refractivity contribution in [2.75, 3.05) is 12.0 Å². The fourth-order valence-corrected chi connectivity index (χ4v) is 2.85. The number of aromatic nitrogens is 2. The first-order chi connectivity index (χ1) is 14.3. The molecular weight excluding hydrogens is 408 g/mol. The summed E-state index contributed by atoms with van der Waals surface area (Å²) in [7, 11) is 0. The molecule has 0 aliphatic carbocycles. The molecule has 31 heavy (non-hydrogen) atoms. The summed E-state index contributed by atoms with van der Waals surface area (Å²) in [6.45, 7) is 8.22. The predicted molar refractivity (Wildman–Crippen MR) is 112 cm³/mol. The number of hydrogen-bond acceptors (Lipinski definition) is 8. The number of carbonyl (C=O) groups is 3. The number of carbonyl (C=O) groups excluding carboxylic acids is 2. The Kier molecular flexibility index (Phi) is 6.88. The zero-order valence-corrected chi connectivity index (χ0v) is 18.0. The van der Waals surface area contributed by atoms with Gasteiger partial charge in [-0.15, -0.1) is 0 Å². The highest BCUT2D eigenvalue weighted by atomic mass is 16.7. The van der Waals surface area contributed by atoms with Gasteiger partial charge in [0.2, 0.25) is 0 Å². The van der Waals surface area contributed by atoms with Gasteiger partial charge in [-0.3, -0.25) is 23.7 Å². The first-order valence-corrected chi connectivity index (χ1v) is 9.52. The molecule has 11 nitrogen and oxygen atoms in total. The van der Waals surface area contributed by atoms with Gasteiger partial charge in [0.05, 0.1) is 11.1 Å². The molecule has 0 bridgehead atoms. The van der Waals surface area contributed by atoms with E-state index in [2.05, 4.69) is 15.8 Å². The molecule has 2 rings (SSSR count). The molecule has 168 valence electrons. The summed E-state index contributed by atoms with van der Waals surface area (Å²) in [5.74, 6) is -3.70. The number of amides is 1. The summed E-state index contributed by atoms with van der Waals surface area (Å²) in [6.07, 6.45) is 0.547. The minimum atomic E-state index is -1.31. The van der Waals surface area contributed by atoms with Gasteiger partial charge in [0.1, 0.15) is 23.5 Å². The van der Waals surface area contributed by atoms with Crippen LogP contribution in [0, 0.1) is 12.3 Å². The maximum atomic E-state index is 13.1. The van der Waals surface area contributed by atoms with Crippen molar-refractivity contribution in [3.8, 4) is 5.75 Å². The number of carboxylic acids is 1. The van der Waals surface area contributed by atoms with E-state index in [9.17, 15) is 24.3 Å². The van der Waals surface area contributed by atoms with E-state index in [4.69, 9.17) is 9.94 Å². The number of rotatable bonds is 7. The van der Waals surface area contributed by atoms with E-state index in [-0.39, 0.29) is 28.7 Å².